The highest BCUT2D eigenvalue weighted by atomic mass is 79.9. The Labute approximate surface area is 317 Å². The van der Waals surface area contributed by atoms with Crippen LogP contribution in [-0.4, -0.2) is 70.6 Å². The quantitative estimate of drug-likeness (QED) is 0.120. The van der Waals surface area contributed by atoms with Crippen molar-refractivity contribution in [2.75, 3.05) is 19.8 Å². The summed E-state index contributed by atoms with van der Waals surface area (Å²) >= 11 is 6.92. The number of phenols is 1. The first-order chi connectivity index (χ1) is 22.7. The average Bonchev–Trinajstić information content (AvgIpc) is 2.94. The standard InChI is InChI=1S/C13H19BrO2.C12H18O4S.C8H9BrO.C5H12O2/c1-9-7-11(8-10(2)12(9)14)16-6-5-13(3,4)15;1-10-4-6-11(7-5-10)17(14,15)16-9-8-12(2,3)13;1-5-3-7(10)4-6(2)8(5)9;1-5(2,7)3-4-6/h7-8,15H,5-6H2,1-4H3;4-7,13H,8-9H2,1-3H3;3-4,10H,1-2H3;6-7H,3-4H2,1-2H3. The van der Waals surface area contributed by atoms with E-state index >= 15 is 0 Å². The highest BCUT2D eigenvalue weighted by Crippen LogP contribution is 2.27. The van der Waals surface area contributed by atoms with Crippen molar-refractivity contribution in [2.45, 2.75) is 117 Å². The summed E-state index contributed by atoms with van der Waals surface area (Å²) in [6, 6.07) is 13.9. The first-order valence-electron chi connectivity index (χ1n) is 16.3. The molecule has 0 spiro atoms. The van der Waals surface area contributed by atoms with Gasteiger partial charge in [-0.05, 0) is 141 Å². The van der Waals surface area contributed by atoms with E-state index in [9.17, 15) is 18.6 Å². The fourth-order valence-corrected chi connectivity index (χ4v) is 5.15. The summed E-state index contributed by atoms with van der Waals surface area (Å²) in [6.45, 7) is 20.6. The van der Waals surface area contributed by atoms with Crippen molar-refractivity contribution < 1.29 is 42.9 Å². The smallest absolute Gasteiger partial charge is 0.296 e. The van der Waals surface area contributed by atoms with Crippen LogP contribution in [0.2, 0.25) is 0 Å². The molecule has 0 fully saturated rings. The third-order valence-electron chi connectivity index (χ3n) is 6.80. The second-order valence-electron chi connectivity index (χ2n) is 14.1. The molecular weight excluding hydrogens is 792 g/mol. The maximum atomic E-state index is 11.7. The number of ether oxygens (including phenoxy) is 1. The second kappa shape index (κ2) is 21.5. The molecule has 0 aliphatic rings. The minimum Gasteiger partial charge on any atom is -0.508 e. The molecule has 50 heavy (non-hydrogen) atoms. The van der Waals surface area contributed by atoms with Gasteiger partial charge in [-0.25, -0.2) is 0 Å². The van der Waals surface area contributed by atoms with Gasteiger partial charge in [0, 0.05) is 28.4 Å². The molecule has 0 aliphatic carbocycles. The van der Waals surface area contributed by atoms with Crippen LogP contribution in [0.3, 0.4) is 0 Å². The van der Waals surface area contributed by atoms with Crippen molar-refractivity contribution in [1.82, 2.24) is 0 Å². The Balaban J connectivity index is 0.000000674. The maximum Gasteiger partial charge on any atom is 0.296 e. The Bertz CT molecular complexity index is 1510. The van der Waals surface area contributed by atoms with Gasteiger partial charge >= 0.3 is 0 Å². The van der Waals surface area contributed by atoms with Crippen LogP contribution in [0, 0.1) is 34.6 Å². The van der Waals surface area contributed by atoms with Crippen molar-refractivity contribution in [3.63, 3.8) is 0 Å². The molecule has 0 heterocycles. The predicted octanol–water partition coefficient (Wildman–Crippen LogP) is 8.38. The maximum absolute atomic E-state index is 11.7. The minimum absolute atomic E-state index is 0.0281. The third-order valence-corrected chi connectivity index (χ3v) is 10.6. The van der Waals surface area contributed by atoms with Gasteiger partial charge in [0.15, 0.2) is 0 Å². The van der Waals surface area contributed by atoms with Crippen molar-refractivity contribution in [1.29, 1.82) is 0 Å². The molecule has 0 bridgehead atoms. The Morgan fingerprint density at radius 1 is 0.640 bits per heavy atom. The summed E-state index contributed by atoms with van der Waals surface area (Å²) in [5, 5.41) is 45.2. The molecule has 0 radical (unpaired) electrons. The fourth-order valence-electron chi connectivity index (χ4n) is 3.78. The molecule has 0 saturated carbocycles. The van der Waals surface area contributed by atoms with Crippen LogP contribution in [0.4, 0.5) is 0 Å². The highest BCUT2D eigenvalue weighted by molar-refractivity contribution is 9.10. The molecule has 0 unspecified atom stereocenters. The van der Waals surface area contributed by atoms with Crippen molar-refractivity contribution in [3.05, 3.63) is 85.3 Å². The van der Waals surface area contributed by atoms with Gasteiger partial charge < -0.3 is 30.3 Å². The van der Waals surface area contributed by atoms with Gasteiger partial charge in [-0.1, -0.05) is 49.6 Å². The van der Waals surface area contributed by atoms with Gasteiger partial charge in [-0.15, -0.1) is 0 Å². The van der Waals surface area contributed by atoms with E-state index in [2.05, 4.69) is 31.9 Å². The average molecular weight is 851 g/mol. The van der Waals surface area contributed by atoms with Gasteiger partial charge in [0.05, 0.1) is 34.9 Å². The monoisotopic (exact) mass is 848 g/mol. The van der Waals surface area contributed by atoms with Gasteiger partial charge in [-0.2, -0.15) is 8.42 Å². The molecule has 0 aromatic heterocycles. The van der Waals surface area contributed by atoms with E-state index in [0.29, 0.717) is 25.2 Å². The minimum atomic E-state index is -3.71. The number of aryl methyl sites for hydroxylation is 5. The lowest BCUT2D eigenvalue weighted by molar-refractivity contribution is 0.0512. The Morgan fingerprint density at radius 2 is 1.02 bits per heavy atom. The molecule has 5 N–H and O–H groups in total. The molecule has 12 heteroatoms. The summed E-state index contributed by atoms with van der Waals surface area (Å²) in [6.07, 6.45) is 1.34. The topological polar surface area (TPSA) is 154 Å². The molecule has 0 amide bonds. The van der Waals surface area contributed by atoms with Crippen LogP contribution < -0.4 is 4.74 Å². The summed E-state index contributed by atoms with van der Waals surface area (Å²) in [4.78, 5) is 0.138. The van der Waals surface area contributed by atoms with E-state index in [1.165, 1.54) is 23.3 Å². The summed E-state index contributed by atoms with van der Waals surface area (Å²) < 4.78 is 36.1. The predicted molar refractivity (Wildman–Crippen MR) is 209 cm³/mol. The second-order valence-corrected chi connectivity index (χ2v) is 17.3. The van der Waals surface area contributed by atoms with E-state index in [0.717, 1.165) is 31.4 Å². The Kier molecular flexibility index (Phi) is 20.6. The molecular formula is C38H58Br2O9S. The van der Waals surface area contributed by atoms with Gasteiger partial charge in [-0.3, -0.25) is 4.18 Å². The fraction of sp³-hybridized carbons (Fsp3) is 0.526. The van der Waals surface area contributed by atoms with Crippen molar-refractivity contribution in [3.8, 4) is 11.5 Å². The lowest BCUT2D eigenvalue weighted by Gasteiger charge is -2.17. The van der Waals surface area contributed by atoms with Crippen molar-refractivity contribution in [2.24, 2.45) is 0 Å². The van der Waals surface area contributed by atoms with Crippen LogP contribution in [0.15, 0.2) is 62.4 Å². The molecule has 0 aliphatic heterocycles. The molecule has 9 nitrogen and oxygen atoms in total. The number of aliphatic hydroxyl groups is 4. The number of phenolic OH excluding ortho intramolecular Hbond substituents is 1. The third kappa shape index (κ3) is 22.0. The van der Waals surface area contributed by atoms with Crippen LogP contribution in [0.5, 0.6) is 11.5 Å². The van der Waals surface area contributed by atoms with E-state index in [1.807, 2.05) is 46.8 Å². The molecule has 284 valence electrons. The lowest BCUT2D eigenvalue weighted by atomic mass is 10.1. The Hall–Kier alpha value is -2.03. The SMILES string of the molecule is CC(C)(O)CCO.Cc1cc(O)cc(C)c1Br.Cc1cc(OCCC(C)(C)O)cc(C)c1Br.Cc1ccc(S(=O)(=O)OCCC(C)(C)O)cc1. The summed E-state index contributed by atoms with van der Waals surface area (Å²) in [5.41, 5.74) is 3.16. The number of halogens is 2. The highest BCUT2D eigenvalue weighted by Gasteiger charge is 2.18. The Morgan fingerprint density at radius 3 is 1.38 bits per heavy atom. The van der Waals surface area contributed by atoms with Crippen LogP contribution in [-0.2, 0) is 14.3 Å². The van der Waals surface area contributed by atoms with Crippen LogP contribution in [0.1, 0.15) is 88.6 Å². The first-order valence-corrected chi connectivity index (χ1v) is 19.3. The summed E-state index contributed by atoms with van der Waals surface area (Å²) in [7, 11) is -3.71. The zero-order valence-electron chi connectivity index (χ0n) is 31.4. The van der Waals surface area contributed by atoms with Crippen LogP contribution >= 0.6 is 31.9 Å². The number of hydrogen-bond acceptors (Lipinski definition) is 9. The molecule has 3 aromatic rings. The van der Waals surface area contributed by atoms with Gasteiger partial charge in [0.1, 0.15) is 11.5 Å². The van der Waals surface area contributed by atoms with Crippen molar-refractivity contribution >= 4 is 42.0 Å². The van der Waals surface area contributed by atoms with E-state index in [1.54, 1.807) is 65.8 Å². The first kappa shape index (κ1) is 48.0. The van der Waals surface area contributed by atoms with E-state index < -0.39 is 26.9 Å². The molecule has 0 saturated heterocycles. The molecule has 3 aromatic carbocycles. The lowest BCUT2D eigenvalue weighted by Crippen LogP contribution is -2.22. The number of aromatic hydroxyl groups is 1. The number of hydrogen-bond donors (Lipinski definition) is 5. The largest absolute Gasteiger partial charge is 0.508 e. The summed E-state index contributed by atoms with van der Waals surface area (Å²) in [5.74, 6) is 1.20. The van der Waals surface area contributed by atoms with Crippen LogP contribution in [0.25, 0.3) is 0 Å². The van der Waals surface area contributed by atoms with E-state index in [4.69, 9.17) is 24.2 Å². The molecule has 3 rings (SSSR count). The van der Waals surface area contributed by atoms with E-state index in [-0.39, 0.29) is 24.5 Å². The zero-order valence-corrected chi connectivity index (χ0v) is 35.4. The van der Waals surface area contributed by atoms with Gasteiger partial charge in [0.2, 0.25) is 0 Å². The van der Waals surface area contributed by atoms with Gasteiger partial charge in [0.25, 0.3) is 10.1 Å². The normalized spacial score (nSPS) is 11.7. The number of rotatable bonds is 11. The number of benzene rings is 3. The number of aliphatic hydroxyl groups excluding tert-OH is 1. The molecule has 0 atom stereocenters. The zero-order chi connectivity index (χ0) is 39.1.